The van der Waals surface area contributed by atoms with Crippen LogP contribution >= 0.6 is 0 Å². The van der Waals surface area contributed by atoms with Crippen molar-refractivity contribution < 1.29 is 14.6 Å². The van der Waals surface area contributed by atoms with Gasteiger partial charge in [0.15, 0.2) is 5.78 Å². The Labute approximate surface area is 107 Å². The van der Waals surface area contributed by atoms with Crippen molar-refractivity contribution in [3.63, 3.8) is 0 Å². The van der Waals surface area contributed by atoms with E-state index in [9.17, 15) is 9.90 Å². The van der Waals surface area contributed by atoms with Gasteiger partial charge in [0.1, 0.15) is 11.5 Å². The van der Waals surface area contributed by atoms with Gasteiger partial charge in [0, 0.05) is 0 Å². The van der Waals surface area contributed by atoms with Gasteiger partial charge in [-0.05, 0) is 57.0 Å². The third-order valence-corrected chi connectivity index (χ3v) is 3.29. The van der Waals surface area contributed by atoms with Crippen LogP contribution in [0.25, 0.3) is 0 Å². The highest BCUT2D eigenvalue weighted by molar-refractivity contribution is 5.97. The average Bonchev–Trinajstić information content (AvgIpc) is 2.38. The van der Waals surface area contributed by atoms with Crippen LogP contribution in [0, 0.1) is 5.92 Å². The molecule has 1 saturated heterocycles. The van der Waals surface area contributed by atoms with Crippen molar-refractivity contribution in [2.75, 3.05) is 19.7 Å². The van der Waals surface area contributed by atoms with E-state index in [1.54, 1.807) is 12.1 Å². The van der Waals surface area contributed by atoms with Crippen molar-refractivity contribution in [3.8, 4) is 11.5 Å². The Bertz CT molecular complexity index is 425. The van der Waals surface area contributed by atoms with Crippen molar-refractivity contribution in [1.29, 1.82) is 0 Å². The maximum absolute atomic E-state index is 11.3. The van der Waals surface area contributed by atoms with Crippen molar-refractivity contribution in [3.05, 3.63) is 23.8 Å². The van der Waals surface area contributed by atoms with E-state index >= 15 is 0 Å². The van der Waals surface area contributed by atoms with Crippen LogP contribution in [-0.2, 0) is 0 Å². The van der Waals surface area contributed by atoms with E-state index in [0.29, 0.717) is 23.8 Å². The molecule has 0 aromatic heterocycles. The molecule has 1 fully saturated rings. The van der Waals surface area contributed by atoms with Gasteiger partial charge < -0.3 is 15.2 Å². The Balaban J connectivity index is 1.96. The monoisotopic (exact) mass is 249 g/mol. The molecule has 0 bridgehead atoms. The summed E-state index contributed by atoms with van der Waals surface area (Å²) in [5.74, 6) is 1.08. The first kappa shape index (κ1) is 12.9. The van der Waals surface area contributed by atoms with Gasteiger partial charge in [-0.3, -0.25) is 4.79 Å². The van der Waals surface area contributed by atoms with Gasteiger partial charge in [-0.25, -0.2) is 0 Å². The topological polar surface area (TPSA) is 58.6 Å². The zero-order valence-electron chi connectivity index (χ0n) is 10.6. The first-order valence-corrected chi connectivity index (χ1v) is 6.34. The molecule has 0 saturated carbocycles. The molecular formula is C14H19NO3. The second-order valence-corrected chi connectivity index (χ2v) is 4.74. The van der Waals surface area contributed by atoms with E-state index < -0.39 is 0 Å². The van der Waals surface area contributed by atoms with Crippen LogP contribution < -0.4 is 10.1 Å². The highest BCUT2D eigenvalue weighted by atomic mass is 16.5. The Morgan fingerprint density at radius 3 is 2.83 bits per heavy atom. The summed E-state index contributed by atoms with van der Waals surface area (Å²) in [6.07, 6.45) is 2.25. The third kappa shape index (κ3) is 3.23. The number of carbonyl (C=O) groups excluding carboxylic acids is 1. The number of ketones is 1. The zero-order chi connectivity index (χ0) is 13.0. The van der Waals surface area contributed by atoms with Gasteiger partial charge >= 0.3 is 0 Å². The quantitative estimate of drug-likeness (QED) is 0.801. The second kappa shape index (κ2) is 5.87. The third-order valence-electron chi connectivity index (χ3n) is 3.29. The van der Waals surface area contributed by atoms with Crippen LogP contribution in [0.5, 0.6) is 11.5 Å². The molecule has 1 aromatic carbocycles. The van der Waals surface area contributed by atoms with Crippen LogP contribution in [0.1, 0.15) is 30.1 Å². The standard InChI is InChI=1S/C14H19NO3/c1-10(16)13-8-12(2-3-14(13)17)18-9-11-4-6-15-7-5-11/h2-3,8,11,15,17H,4-7,9H2,1H3. The number of carbonyl (C=O) groups is 1. The van der Waals surface area contributed by atoms with E-state index in [4.69, 9.17) is 4.74 Å². The summed E-state index contributed by atoms with van der Waals surface area (Å²) in [7, 11) is 0. The molecule has 0 amide bonds. The van der Waals surface area contributed by atoms with Gasteiger partial charge in [0.25, 0.3) is 0 Å². The van der Waals surface area contributed by atoms with E-state index in [1.807, 2.05) is 0 Å². The first-order valence-electron chi connectivity index (χ1n) is 6.34. The number of Topliss-reactive ketones (excluding diaryl/α,β-unsaturated/α-hetero) is 1. The number of phenols is 1. The van der Waals surface area contributed by atoms with Crippen molar-refractivity contribution in [1.82, 2.24) is 5.32 Å². The van der Waals surface area contributed by atoms with Gasteiger partial charge in [-0.2, -0.15) is 0 Å². The highest BCUT2D eigenvalue weighted by Gasteiger charge is 2.14. The largest absolute Gasteiger partial charge is 0.507 e. The molecule has 1 aromatic rings. The van der Waals surface area contributed by atoms with Crippen molar-refractivity contribution in [2.24, 2.45) is 5.92 Å². The number of phenolic OH excluding ortho intramolecular Hbond substituents is 1. The molecule has 0 atom stereocenters. The Morgan fingerprint density at radius 1 is 1.44 bits per heavy atom. The lowest BCUT2D eigenvalue weighted by atomic mass is 9.99. The molecule has 1 aliphatic heterocycles. The lowest BCUT2D eigenvalue weighted by Crippen LogP contribution is -2.30. The lowest BCUT2D eigenvalue weighted by molar-refractivity contribution is 0.101. The number of benzene rings is 1. The summed E-state index contributed by atoms with van der Waals surface area (Å²) >= 11 is 0. The predicted octanol–water partition coefficient (Wildman–Crippen LogP) is 1.97. The summed E-state index contributed by atoms with van der Waals surface area (Å²) in [5.41, 5.74) is 0.317. The minimum absolute atomic E-state index is 0.0108. The van der Waals surface area contributed by atoms with E-state index in [0.717, 1.165) is 25.9 Å². The van der Waals surface area contributed by atoms with Gasteiger partial charge in [-0.15, -0.1) is 0 Å². The van der Waals surface area contributed by atoms with Gasteiger partial charge in [-0.1, -0.05) is 0 Å². The van der Waals surface area contributed by atoms with Gasteiger partial charge in [0.05, 0.1) is 12.2 Å². The van der Waals surface area contributed by atoms with Gasteiger partial charge in [0.2, 0.25) is 0 Å². The molecule has 0 radical (unpaired) electrons. The number of aromatic hydroxyl groups is 1. The lowest BCUT2D eigenvalue weighted by Gasteiger charge is -2.22. The molecular weight excluding hydrogens is 230 g/mol. The molecule has 4 nitrogen and oxygen atoms in total. The van der Waals surface area contributed by atoms with E-state index in [1.165, 1.54) is 13.0 Å². The predicted molar refractivity (Wildman–Crippen MR) is 69.2 cm³/mol. The Morgan fingerprint density at radius 2 is 2.17 bits per heavy atom. The summed E-state index contributed by atoms with van der Waals surface area (Å²) in [6, 6.07) is 4.82. The zero-order valence-corrected chi connectivity index (χ0v) is 10.6. The molecule has 0 unspecified atom stereocenters. The fraction of sp³-hybridized carbons (Fsp3) is 0.500. The maximum atomic E-state index is 11.3. The van der Waals surface area contributed by atoms with Crippen molar-refractivity contribution >= 4 is 5.78 Å². The van der Waals surface area contributed by atoms with E-state index in [-0.39, 0.29) is 11.5 Å². The molecule has 4 heteroatoms. The summed E-state index contributed by atoms with van der Waals surface area (Å²) < 4.78 is 5.70. The Hall–Kier alpha value is -1.55. The summed E-state index contributed by atoms with van der Waals surface area (Å²) in [5, 5.41) is 12.8. The van der Waals surface area contributed by atoms with Crippen LogP contribution in [0.3, 0.4) is 0 Å². The molecule has 1 aliphatic rings. The molecule has 2 N–H and O–H groups in total. The summed E-state index contributed by atoms with van der Waals surface area (Å²) in [6.45, 7) is 4.19. The minimum atomic E-state index is -0.153. The minimum Gasteiger partial charge on any atom is -0.507 e. The van der Waals surface area contributed by atoms with Crippen LogP contribution in [0.2, 0.25) is 0 Å². The number of nitrogens with one attached hydrogen (secondary N) is 1. The average molecular weight is 249 g/mol. The maximum Gasteiger partial charge on any atom is 0.163 e. The fourth-order valence-electron chi connectivity index (χ4n) is 2.15. The number of hydrogen-bond donors (Lipinski definition) is 2. The second-order valence-electron chi connectivity index (χ2n) is 4.74. The van der Waals surface area contributed by atoms with Crippen LogP contribution in [0.4, 0.5) is 0 Å². The molecule has 18 heavy (non-hydrogen) atoms. The molecule has 0 spiro atoms. The van der Waals surface area contributed by atoms with Crippen molar-refractivity contribution in [2.45, 2.75) is 19.8 Å². The van der Waals surface area contributed by atoms with E-state index in [2.05, 4.69) is 5.32 Å². The number of piperidine rings is 1. The highest BCUT2D eigenvalue weighted by Crippen LogP contribution is 2.24. The fourth-order valence-corrected chi connectivity index (χ4v) is 2.15. The Kier molecular flexibility index (Phi) is 4.20. The molecule has 1 heterocycles. The normalized spacial score (nSPS) is 16.5. The first-order chi connectivity index (χ1) is 8.66. The molecule has 98 valence electrons. The number of ether oxygens (including phenoxy) is 1. The van der Waals surface area contributed by atoms with Crippen LogP contribution in [-0.4, -0.2) is 30.6 Å². The summed E-state index contributed by atoms with van der Waals surface area (Å²) in [4.78, 5) is 11.3. The molecule has 0 aliphatic carbocycles. The SMILES string of the molecule is CC(=O)c1cc(OCC2CCNCC2)ccc1O. The molecule has 2 rings (SSSR count). The smallest absolute Gasteiger partial charge is 0.163 e. The number of hydrogen-bond acceptors (Lipinski definition) is 4. The number of rotatable bonds is 4. The van der Waals surface area contributed by atoms with Crippen LogP contribution in [0.15, 0.2) is 18.2 Å².